The fourth-order valence-electron chi connectivity index (χ4n) is 0.684. The van der Waals surface area contributed by atoms with Gasteiger partial charge in [-0.05, 0) is 0 Å². The van der Waals surface area contributed by atoms with Crippen molar-refractivity contribution >= 4 is 17.9 Å². The van der Waals surface area contributed by atoms with Crippen molar-refractivity contribution in [3.8, 4) is 0 Å². The Balaban J connectivity index is -0.0000000160. The minimum Gasteiger partial charge on any atom is -0.550 e. The molecule has 0 amide bonds. The maximum Gasteiger partial charge on any atom is 1.00 e. The van der Waals surface area contributed by atoms with Crippen molar-refractivity contribution in [1.29, 1.82) is 0 Å². The summed E-state index contributed by atoms with van der Waals surface area (Å²) in [5, 5.41) is 38.9. The summed E-state index contributed by atoms with van der Waals surface area (Å²) in [6.45, 7) is 0. The van der Waals surface area contributed by atoms with Crippen LogP contribution in [0.2, 0.25) is 0 Å². The Morgan fingerprint density at radius 3 is 0.913 bits per heavy atom. The topological polar surface area (TPSA) is 361 Å². The predicted molar refractivity (Wildman–Crippen MR) is 54.5 cm³/mol. The third-order valence-corrected chi connectivity index (χ3v) is 1.25. The van der Waals surface area contributed by atoms with Crippen LogP contribution in [0, 0.1) is 0 Å². The molecule has 0 heterocycles. The Morgan fingerprint density at radius 1 is 0.652 bits per heavy atom. The molecule has 0 saturated heterocycles. The third-order valence-electron chi connectivity index (χ3n) is 1.25. The molecule has 0 aliphatic carbocycles. The average molecular weight is 384 g/mol. The second-order valence-electron chi connectivity index (χ2n) is 2.42. The maximum absolute atomic E-state index is 10.1. The van der Waals surface area contributed by atoms with Gasteiger partial charge in [-0.1, -0.05) is 0 Å². The first-order chi connectivity index (χ1) is 5.78. The molecule has 0 aromatic rings. The number of aliphatic carboxylic acids is 3. The zero-order chi connectivity index (χ0) is 10.6. The second kappa shape index (κ2) is 34.4. The van der Waals surface area contributed by atoms with Crippen LogP contribution in [-0.2, 0) is 14.4 Å². The van der Waals surface area contributed by atoms with Crippen LogP contribution in [0.1, 0.15) is 12.8 Å². The molecule has 23 heavy (non-hydrogen) atoms. The molecule has 0 fully saturated rings. The molecule has 0 aromatic carbocycles. The van der Waals surface area contributed by atoms with Gasteiger partial charge in [-0.25, -0.2) is 0 Å². The van der Waals surface area contributed by atoms with Crippen LogP contribution >= 0.6 is 0 Å². The van der Waals surface area contributed by atoms with Gasteiger partial charge in [-0.3, -0.25) is 0 Å². The molecule has 0 atom stereocenters. The van der Waals surface area contributed by atoms with E-state index in [4.69, 9.17) is 5.11 Å². The van der Waals surface area contributed by atoms with Crippen molar-refractivity contribution in [2.24, 2.45) is 0 Å². The maximum atomic E-state index is 10.1. The Hall–Kier alpha value is 1.09. The van der Waals surface area contributed by atoms with Crippen LogP contribution in [-0.4, -0.2) is 66.9 Å². The molecule has 0 saturated carbocycles. The summed E-state index contributed by atoms with van der Waals surface area (Å²) >= 11 is 0. The zero-order valence-electron chi connectivity index (χ0n) is 12.8. The molecule has 0 radical (unpaired) electrons. The van der Waals surface area contributed by atoms with Gasteiger partial charge in [0.2, 0.25) is 0 Å². The van der Waals surface area contributed by atoms with Gasteiger partial charge in [0.25, 0.3) is 0 Å². The van der Waals surface area contributed by atoms with Crippen LogP contribution < -0.4 is 104 Å². The molecule has 15 N–H and O–H groups in total. The number of hydrogen-bond acceptors (Lipinski definition) is 7. The summed E-state index contributed by atoms with van der Waals surface area (Å²) in [4.78, 5) is 30.0. The zero-order valence-corrected chi connectivity index (χ0v) is 18.8. The Morgan fingerprint density at radius 2 is 0.826 bits per heavy atom. The third kappa shape index (κ3) is 35.2. The minimum atomic E-state index is -2.97. The quantitative estimate of drug-likeness (QED) is 0.445. The number of carbonyl (C=O) groups is 3. The summed E-state index contributed by atoms with van der Waals surface area (Å²) in [5.74, 6) is -5.98. The van der Waals surface area contributed by atoms with E-state index in [0.29, 0.717) is 0 Å². The summed E-state index contributed by atoms with van der Waals surface area (Å²) in [5.41, 5.74) is -2.97. The van der Waals surface area contributed by atoms with Crippen molar-refractivity contribution in [1.82, 2.24) is 0 Å². The van der Waals surface area contributed by atoms with Crippen LogP contribution in [0.25, 0.3) is 0 Å². The normalized spacial score (nSPS) is 6.13. The van der Waals surface area contributed by atoms with Crippen molar-refractivity contribution in [2.45, 2.75) is 18.4 Å². The number of aliphatic hydroxyl groups is 1. The molecule has 0 bridgehead atoms. The first kappa shape index (κ1) is 75.0. The van der Waals surface area contributed by atoms with Gasteiger partial charge in [0.15, 0.2) is 0 Å². The molecule has 17 heteroatoms. The second-order valence-corrected chi connectivity index (χ2v) is 2.42. The molecule has 0 unspecified atom stereocenters. The standard InChI is InChI=1S/C6H8O7.3Na.7H2O/c7-3(8)1-6(13,5(11)12)2-4(9)10;;;;;;;;;;/h13H,1-2H2,(H,7,8)(H,9,10)(H,11,12);;;;7*1H2/q;3*+1;;;;;;;/p-3. The SMILES string of the molecule is O.O.O.O.O.O.O.O=C([O-])CC(O)(CC(=O)[O-])C(=O)[O-].[Na+].[Na+].[Na+]. The van der Waals surface area contributed by atoms with E-state index in [1.165, 1.54) is 0 Å². The number of carboxylic acid groups (broad SMARTS) is 3. The summed E-state index contributed by atoms with van der Waals surface area (Å²) in [6.07, 6.45) is -2.72. The summed E-state index contributed by atoms with van der Waals surface area (Å²) < 4.78 is 0. The average Bonchev–Trinajstić information content (AvgIpc) is 1.82. The Bertz CT molecular complexity index is 245. The summed E-state index contributed by atoms with van der Waals surface area (Å²) in [6, 6.07) is 0. The van der Waals surface area contributed by atoms with Crippen molar-refractivity contribution in [2.75, 3.05) is 0 Å². The van der Waals surface area contributed by atoms with E-state index in [1.807, 2.05) is 0 Å². The molecule has 0 aromatic heterocycles. The van der Waals surface area contributed by atoms with Crippen LogP contribution in [0.4, 0.5) is 0 Å². The van der Waals surface area contributed by atoms with Crippen LogP contribution in [0.5, 0.6) is 0 Å². The number of carbonyl (C=O) groups excluding carboxylic acids is 3. The number of hydrogen-bond donors (Lipinski definition) is 1. The van der Waals surface area contributed by atoms with Gasteiger partial charge in [-0.15, -0.1) is 0 Å². The molecule has 0 spiro atoms. The minimum absolute atomic E-state index is 0. The Kier molecular flexibility index (Phi) is 112. The van der Waals surface area contributed by atoms with Gasteiger partial charge in [0.1, 0.15) is 5.60 Å². The van der Waals surface area contributed by atoms with Crippen LogP contribution in [0.3, 0.4) is 0 Å². The summed E-state index contributed by atoms with van der Waals surface area (Å²) in [7, 11) is 0. The van der Waals surface area contributed by atoms with E-state index < -0.39 is 36.4 Å². The van der Waals surface area contributed by atoms with Gasteiger partial charge < -0.3 is 73.1 Å². The van der Waals surface area contributed by atoms with Gasteiger partial charge in [0.05, 0.1) is 5.97 Å². The molecular weight excluding hydrogens is 365 g/mol. The fraction of sp³-hybridized carbons (Fsp3) is 0.500. The van der Waals surface area contributed by atoms with Crippen molar-refractivity contribution in [3.05, 3.63) is 0 Å². The van der Waals surface area contributed by atoms with Gasteiger partial charge in [0, 0.05) is 24.8 Å². The largest absolute Gasteiger partial charge is 1.00 e. The molecule has 0 aliphatic heterocycles. The Labute approximate surface area is 196 Å². The molecule has 14 nitrogen and oxygen atoms in total. The molecular formula is C6H19Na3O14. The van der Waals surface area contributed by atoms with E-state index in [2.05, 4.69) is 0 Å². The van der Waals surface area contributed by atoms with E-state index in [1.54, 1.807) is 0 Å². The first-order valence-electron chi connectivity index (χ1n) is 3.11. The van der Waals surface area contributed by atoms with E-state index in [9.17, 15) is 29.7 Å². The smallest absolute Gasteiger partial charge is 0.550 e. The molecule has 0 rings (SSSR count). The van der Waals surface area contributed by atoms with Crippen LogP contribution in [0.15, 0.2) is 0 Å². The number of rotatable bonds is 5. The molecule has 130 valence electrons. The monoisotopic (exact) mass is 384 g/mol. The van der Waals surface area contributed by atoms with Gasteiger partial charge >= 0.3 is 88.7 Å². The van der Waals surface area contributed by atoms with Gasteiger partial charge in [-0.2, -0.15) is 0 Å². The molecule has 0 aliphatic rings. The van der Waals surface area contributed by atoms with Crippen molar-refractivity contribution in [3.63, 3.8) is 0 Å². The van der Waals surface area contributed by atoms with Crippen molar-refractivity contribution < 1.29 is 162 Å². The van der Waals surface area contributed by atoms with E-state index >= 15 is 0 Å². The first-order valence-corrected chi connectivity index (χ1v) is 3.11. The van der Waals surface area contributed by atoms with E-state index in [-0.39, 0.29) is 127 Å². The van der Waals surface area contributed by atoms with E-state index in [0.717, 1.165) is 0 Å². The number of carboxylic acids is 3. The predicted octanol–water partition coefficient (Wildman–Crippen LogP) is -20.0. The fourth-order valence-corrected chi connectivity index (χ4v) is 0.684.